The van der Waals surface area contributed by atoms with Crippen molar-refractivity contribution in [3.63, 3.8) is 0 Å². The van der Waals surface area contributed by atoms with Crippen LogP contribution in [0.2, 0.25) is 0 Å². The first-order valence-corrected chi connectivity index (χ1v) is 8.25. The number of carbonyl (C=O) groups is 1. The van der Waals surface area contributed by atoms with Crippen LogP contribution in [0.5, 0.6) is 5.75 Å². The zero-order valence-corrected chi connectivity index (χ0v) is 14.5. The number of benzene rings is 2. The molecule has 0 unspecified atom stereocenters. The van der Waals surface area contributed by atoms with Crippen LogP contribution in [-0.2, 0) is 6.54 Å². The quantitative estimate of drug-likeness (QED) is 0.610. The second-order valence-electron chi connectivity index (χ2n) is 5.86. The summed E-state index contributed by atoms with van der Waals surface area (Å²) in [6, 6.07) is 19.2. The van der Waals surface area contributed by atoms with E-state index in [-0.39, 0.29) is 5.78 Å². The lowest BCUT2D eigenvalue weighted by Gasteiger charge is -2.07. The smallest absolute Gasteiger partial charge is 0.209 e. The number of ketones is 1. The predicted molar refractivity (Wildman–Crippen MR) is 101 cm³/mol. The van der Waals surface area contributed by atoms with E-state index >= 15 is 0 Å². The van der Waals surface area contributed by atoms with Crippen LogP contribution >= 0.6 is 0 Å². The van der Waals surface area contributed by atoms with Gasteiger partial charge in [-0.15, -0.1) is 0 Å². The van der Waals surface area contributed by atoms with Gasteiger partial charge in [-0.2, -0.15) is 0 Å². The van der Waals surface area contributed by atoms with Gasteiger partial charge in [0.15, 0.2) is 0 Å². The molecule has 3 nitrogen and oxygen atoms in total. The van der Waals surface area contributed by atoms with Crippen molar-refractivity contribution in [3.8, 4) is 5.75 Å². The van der Waals surface area contributed by atoms with E-state index in [9.17, 15) is 4.79 Å². The molecule has 0 saturated heterocycles. The van der Waals surface area contributed by atoms with Crippen molar-refractivity contribution >= 4 is 11.9 Å². The van der Waals surface area contributed by atoms with Crippen LogP contribution in [0.4, 0.5) is 0 Å². The minimum absolute atomic E-state index is 0.0111. The standard InChI is InChI=1S/C22H21NO2/c1-17-7-3-4-8-18(17)9-5-15-23-16-6-10-21(23)22(24)19-11-13-20(25-2)14-12-19/h3-14,16H,15H2,1-2H3/b9-5+. The topological polar surface area (TPSA) is 31.2 Å². The fraction of sp³-hybridized carbons (Fsp3) is 0.136. The Morgan fingerprint density at radius 1 is 1.04 bits per heavy atom. The molecule has 3 rings (SSSR count). The summed E-state index contributed by atoms with van der Waals surface area (Å²) in [5.74, 6) is 0.755. The lowest BCUT2D eigenvalue weighted by Crippen LogP contribution is -2.09. The summed E-state index contributed by atoms with van der Waals surface area (Å²) in [6.45, 7) is 2.74. The summed E-state index contributed by atoms with van der Waals surface area (Å²) < 4.78 is 7.10. The zero-order valence-electron chi connectivity index (χ0n) is 14.5. The van der Waals surface area contributed by atoms with Gasteiger partial charge in [-0.05, 0) is 54.4 Å². The fourth-order valence-electron chi connectivity index (χ4n) is 2.74. The monoisotopic (exact) mass is 331 g/mol. The van der Waals surface area contributed by atoms with Crippen LogP contribution in [0.3, 0.4) is 0 Å². The van der Waals surface area contributed by atoms with Gasteiger partial charge >= 0.3 is 0 Å². The largest absolute Gasteiger partial charge is 0.497 e. The number of hydrogen-bond acceptors (Lipinski definition) is 2. The molecule has 0 radical (unpaired) electrons. The van der Waals surface area contributed by atoms with Gasteiger partial charge in [0.2, 0.25) is 5.78 Å². The number of carbonyl (C=O) groups excluding carboxylic acids is 1. The van der Waals surface area contributed by atoms with E-state index in [1.807, 2.05) is 35.0 Å². The summed E-state index contributed by atoms with van der Waals surface area (Å²) in [5.41, 5.74) is 3.77. The van der Waals surface area contributed by atoms with Crippen molar-refractivity contribution in [2.24, 2.45) is 0 Å². The number of rotatable bonds is 6. The molecular formula is C22H21NO2. The van der Waals surface area contributed by atoms with Gasteiger partial charge < -0.3 is 9.30 Å². The first kappa shape index (κ1) is 16.8. The predicted octanol–water partition coefficient (Wildman–Crippen LogP) is 4.75. The number of allylic oxidation sites excluding steroid dienone is 1. The normalized spacial score (nSPS) is 11.0. The third kappa shape index (κ3) is 3.89. The third-order valence-electron chi connectivity index (χ3n) is 4.20. The Bertz CT molecular complexity index is 888. The van der Waals surface area contributed by atoms with Gasteiger partial charge in [0.1, 0.15) is 5.75 Å². The van der Waals surface area contributed by atoms with Crippen LogP contribution in [0.25, 0.3) is 6.08 Å². The van der Waals surface area contributed by atoms with Crippen LogP contribution < -0.4 is 4.74 Å². The van der Waals surface area contributed by atoms with E-state index in [1.165, 1.54) is 11.1 Å². The number of aromatic nitrogens is 1. The van der Waals surface area contributed by atoms with Crippen LogP contribution in [0.1, 0.15) is 27.2 Å². The maximum absolute atomic E-state index is 12.7. The Balaban J connectivity index is 1.76. The molecule has 0 aliphatic rings. The van der Waals surface area contributed by atoms with Crippen LogP contribution in [-0.4, -0.2) is 17.5 Å². The lowest BCUT2D eigenvalue weighted by molar-refractivity contribution is 0.103. The molecule has 126 valence electrons. The molecule has 0 N–H and O–H groups in total. The van der Waals surface area contributed by atoms with Gasteiger partial charge in [-0.25, -0.2) is 0 Å². The van der Waals surface area contributed by atoms with Crippen molar-refractivity contribution in [1.29, 1.82) is 0 Å². The molecule has 3 aromatic rings. The number of hydrogen-bond donors (Lipinski definition) is 0. The molecule has 1 heterocycles. The second kappa shape index (κ2) is 7.67. The Labute approximate surface area is 148 Å². The maximum atomic E-state index is 12.7. The molecule has 1 aromatic heterocycles. The number of nitrogens with zero attached hydrogens (tertiary/aromatic N) is 1. The van der Waals surface area contributed by atoms with E-state index in [0.717, 1.165) is 5.75 Å². The number of ether oxygens (including phenoxy) is 1. The van der Waals surface area contributed by atoms with Gasteiger partial charge in [0, 0.05) is 18.3 Å². The average molecular weight is 331 g/mol. The van der Waals surface area contributed by atoms with Crippen molar-refractivity contribution in [1.82, 2.24) is 4.57 Å². The molecule has 0 spiro atoms. The molecule has 0 fully saturated rings. The molecule has 0 aliphatic carbocycles. The zero-order chi connectivity index (χ0) is 17.6. The Morgan fingerprint density at radius 3 is 2.52 bits per heavy atom. The van der Waals surface area contributed by atoms with E-state index in [2.05, 4.69) is 31.2 Å². The Morgan fingerprint density at radius 2 is 1.80 bits per heavy atom. The maximum Gasteiger partial charge on any atom is 0.209 e. The van der Waals surface area contributed by atoms with Gasteiger partial charge in [-0.1, -0.05) is 36.4 Å². The fourth-order valence-corrected chi connectivity index (χ4v) is 2.74. The van der Waals surface area contributed by atoms with Crippen molar-refractivity contribution in [2.75, 3.05) is 7.11 Å². The summed E-state index contributed by atoms with van der Waals surface area (Å²) in [7, 11) is 1.61. The minimum atomic E-state index is 0.0111. The Hall–Kier alpha value is -3.07. The summed E-state index contributed by atoms with van der Waals surface area (Å²) in [4.78, 5) is 12.7. The molecule has 2 aromatic carbocycles. The van der Waals surface area contributed by atoms with E-state index in [0.29, 0.717) is 17.8 Å². The van der Waals surface area contributed by atoms with Crippen molar-refractivity contribution < 1.29 is 9.53 Å². The van der Waals surface area contributed by atoms with Crippen LogP contribution in [0, 0.1) is 6.92 Å². The number of methoxy groups -OCH3 is 1. The summed E-state index contributed by atoms with van der Waals surface area (Å²) in [6.07, 6.45) is 6.10. The highest BCUT2D eigenvalue weighted by Gasteiger charge is 2.12. The third-order valence-corrected chi connectivity index (χ3v) is 4.20. The molecule has 0 saturated carbocycles. The average Bonchev–Trinajstić information content (AvgIpc) is 3.11. The first-order valence-electron chi connectivity index (χ1n) is 8.25. The van der Waals surface area contributed by atoms with Gasteiger partial charge in [-0.3, -0.25) is 4.79 Å². The first-order chi connectivity index (χ1) is 12.2. The summed E-state index contributed by atoms with van der Waals surface area (Å²) >= 11 is 0. The molecule has 0 amide bonds. The highest BCUT2D eigenvalue weighted by Crippen LogP contribution is 2.16. The Kier molecular flexibility index (Phi) is 5.14. The van der Waals surface area contributed by atoms with Crippen LogP contribution in [0.15, 0.2) is 72.9 Å². The molecule has 3 heteroatoms. The molecule has 0 bridgehead atoms. The summed E-state index contributed by atoms with van der Waals surface area (Å²) in [5, 5.41) is 0. The second-order valence-corrected chi connectivity index (χ2v) is 5.86. The SMILES string of the molecule is COc1ccc(C(=O)c2cccn2C/C=C/c2ccccc2C)cc1. The number of aryl methyl sites for hydroxylation is 1. The highest BCUT2D eigenvalue weighted by atomic mass is 16.5. The van der Waals surface area contributed by atoms with E-state index < -0.39 is 0 Å². The van der Waals surface area contributed by atoms with Gasteiger partial charge in [0.25, 0.3) is 0 Å². The van der Waals surface area contributed by atoms with Crippen molar-refractivity contribution in [2.45, 2.75) is 13.5 Å². The molecule has 0 atom stereocenters. The van der Waals surface area contributed by atoms with Crippen molar-refractivity contribution in [3.05, 3.63) is 95.3 Å². The lowest BCUT2D eigenvalue weighted by atomic mass is 10.1. The molecular weight excluding hydrogens is 310 g/mol. The molecule has 0 aliphatic heterocycles. The highest BCUT2D eigenvalue weighted by molar-refractivity contribution is 6.08. The minimum Gasteiger partial charge on any atom is -0.497 e. The van der Waals surface area contributed by atoms with E-state index in [4.69, 9.17) is 4.74 Å². The molecule has 25 heavy (non-hydrogen) atoms. The van der Waals surface area contributed by atoms with Gasteiger partial charge in [0.05, 0.1) is 12.8 Å². The van der Waals surface area contributed by atoms with E-state index in [1.54, 1.807) is 31.4 Å².